The summed E-state index contributed by atoms with van der Waals surface area (Å²) >= 11 is 0. The van der Waals surface area contributed by atoms with E-state index in [1.165, 1.54) is 41.5 Å². The lowest BCUT2D eigenvalue weighted by atomic mass is 9.85. The van der Waals surface area contributed by atoms with E-state index in [4.69, 9.17) is 0 Å². The van der Waals surface area contributed by atoms with E-state index in [-0.39, 0.29) is 17.2 Å². The average molecular weight is 409 g/mol. The first-order chi connectivity index (χ1) is 15.2. The molecule has 1 N–H and O–H groups in total. The van der Waals surface area contributed by atoms with Crippen molar-refractivity contribution in [2.75, 3.05) is 0 Å². The molecule has 0 bridgehead atoms. The highest BCUT2D eigenvalue weighted by molar-refractivity contribution is 5.99. The molecular weight excluding hydrogens is 380 g/mol. The standard InChI is InChI=1S/C28H28N2O/c1-20(22-17-16-21-10-8-9-11-23(21)18-22)29-30-27(31)26-19-28(26,24-12-4-2-5-13-24)25-14-6-3-7-15-25/h2-7,12-18,26H,8-11,19H2,1H3,(H,30,31)/t26-/m0/s1. The van der Waals surface area contributed by atoms with Crippen LogP contribution in [0.15, 0.2) is 84.0 Å². The average Bonchev–Trinajstić information content (AvgIpc) is 3.60. The van der Waals surface area contributed by atoms with E-state index >= 15 is 0 Å². The Hall–Kier alpha value is -3.20. The maximum atomic E-state index is 13.1. The van der Waals surface area contributed by atoms with Gasteiger partial charge in [-0.25, -0.2) is 5.43 Å². The van der Waals surface area contributed by atoms with Crippen LogP contribution >= 0.6 is 0 Å². The maximum Gasteiger partial charge on any atom is 0.244 e. The lowest BCUT2D eigenvalue weighted by Crippen LogP contribution is -2.26. The van der Waals surface area contributed by atoms with Crippen LogP contribution in [0.25, 0.3) is 0 Å². The minimum atomic E-state index is -0.262. The number of carbonyl (C=O) groups excluding carboxylic acids is 1. The minimum Gasteiger partial charge on any atom is -0.273 e. The number of hydrazone groups is 1. The van der Waals surface area contributed by atoms with Gasteiger partial charge in [0.1, 0.15) is 0 Å². The second kappa shape index (κ2) is 8.14. The van der Waals surface area contributed by atoms with E-state index in [2.05, 4.69) is 53.0 Å². The van der Waals surface area contributed by atoms with Gasteiger partial charge >= 0.3 is 0 Å². The van der Waals surface area contributed by atoms with Crippen LogP contribution in [-0.2, 0) is 23.1 Å². The summed E-state index contributed by atoms with van der Waals surface area (Å²) in [5.41, 5.74) is 9.82. The van der Waals surface area contributed by atoms with Gasteiger partial charge in [-0.1, -0.05) is 72.8 Å². The number of benzene rings is 3. The monoisotopic (exact) mass is 408 g/mol. The molecule has 0 spiro atoms. The second-order valence-corrected chi connectivity index (χ2v) is 8.82. The third-order valence-electron chi connectivity index (χ3n) is 6.96. The fourth-order valence-electron chi connectivity index (χ4n) is 5.10. The van der Waals surface area contributed by atoms with E-state index in [1.807, 2.05) is 43.3 Å². The number of aryl methyl sites for hydroxylation is 2. The van der Waals surface area contributed by atoms with Gasteiger partial charge in [-0.3, -0.25) is 4.79 Å². The van der Waals surface area contributed by atoms with Crippen molar-refractivity contribution in [1.29, 1.82) is 0 Å². The van der Waals surface area contributed by atoms with E-state index < -0.39 is 0 Å². The van der Waals surface area contributed by atoms with Gasteiger partial charge < -0.3 is 0 Å². The molecule has 31 heavy (non-hydrogen) atoms. The Kier molecular flexibility index (Phi) is 5.19. The summed E-state index contributed by atoms with van der Waals surface area (Å²) < 4.78 is 0. The van der Waals surface area contributed by atoms with Gasteiger partial charge in [-0.15, -0.1) is 0 Å². The number of amides is 1. The SMILES string of the molecule is CC(=NNC(=O)[C@@H]1CC1(c1ccccc1)c1ccccc1)c1ccc2c(c1)CCCC2. The summed E-state index contributed by atoms with van der Waals surface area (Å²) in [6, 6.07) is 27.3. The molecule has 0 aliphatic heterocycles. The number of carbonyl (C=O) groups is 1. The summed E-state index contributed by atoms with van der Waals surface area (Å²) in [4.78, 5) is 13.1. The molecule has 3 heteroatoms. The van der Waals surface area contributed by atoms with E-state index in [0.717, 1.165) is 24.1 Å². The first kappa shape index (κ1) is 19.7. The van der Waals surface area contributed by atoms with E-state index in [9.17, 15) is 4.79 Å². The molecule has 3 aromatic carbocycles. The molecule has 1 atom stereocenters. The lowest BCUT2D eigenvalue weighted by Gasteiger charge is -2.18. The van der Waals surface area contributed by atoms with Crippen molar-refractivity contribution in [3.05, 3.63) is 107 Å². The smallest absolute Gasteiger partial charge is 0.244 e. The molecule has 1 amide bonds. The number of nitrogens with one attached hydrogen (secondary N) is 1. The predicted octanol–water partition coefficient (Wildman–Crippen LogP) is 5.41. The quantitative estimate of drug-likeness (QED) is 0.445. The Morgan fingerprint density at radius 2 is 1.48 bits per heavy atom. The van der Waals surface area contributed by atoms with Crippen LogP contribution in [0.5, 0.6) is 0 Å². The zero-order valence-corrected chi connectivity index (χ0v) is 18.0. The molecular formula is C28H28N2O. The first-order valence-electron chi connectivity index (χ1n) is 11.3. The first-order valence-corrected chi connectivity index (χ1v) is 11.3. The summed E-state index contributed by atoms with van der Waals surface area (Å²) in [7, 11) is 0. The van der Waals surface area contributed by atoms with Gasteiger partial charge in [0, 0.05) is 5.41 Å². The van der Waals surface area contributed by atoms with Crippen molar-refractivity contribution in [3.8, 4) is 0 Å². The highest BCUT2D eigenvalue weighted by atomic mass is 16.2. The molecule has 1 fully saturated rings. The van der Waals surface area contributed by atoms with E-state index in [1.54, 1.807) is 0 Å². The molecule has 3 nitrogen and oxygen atoms in total. The van der Waals surface area contributed by atoms with Crippen molar-refractivity contribution in [2.24, 2.45) is 11.0 Å². The third-order valence-corrected chi connectivity index (χ3v) is 6.96. The fourth-order valence-corrected chi connectivity index (χ4v) is 5.10. The Morgan fingerprint density at radius 3 is 2.13 bits per heavy atom. The zero-order chi connectivity index (χ0) is 21.3. The van der Waals surface area contributed by atoms with Crippen LogP contribution in [0.1, 0.15) is 54.0 Å². The lowest BCUT2D eigenvalue weighted by molar-refractivity contribution is -0.122. The molecule has 2 aliphatic rings. The largest absolute Gasteiger partial charge is 0.273 e. The van der Waals surface area contributed by atoms with Crippen LogP contribution in [0.2, 0.25) is 0 Å². The molecule has 156 valence electrons. The van der Waals surface area contributed by atoms with Crippen LogP contribution < -0.4 is 5.43 Å². The summed E-state index contributed by atoms with van der Waals surface area (Å²) in [6.07, 6.45) is 5.65. The van der Waals surface area contributed by atoms with Crippen molar-refractivity contribution >= 4 is 11.6 Å². The van der Waals surface area contributed by atoms with Crippen LogP contribution in [0.3, 0.4) is 0 Å². The molecule has 0 heterocycles. The van der Waals surface area contributed by atoms with Gasteiger partial charge in [0.2, 0.25) is 5.91 Å². The zero-order valence-electron chi connectivity index (χ0n) is 18.0. The van der Waals surface area contributed by atoms with Crippen molar-refractivity contribution in [3.63, 3.8) is 0 Å². The van der Waals surface area contributed by atoms with Gasteiger partial charge in [0.15, 0.2) is 0 Å². The van der Waals surface area contributed by atoms with E-state index in [0.29, 0.717) is 0 Å². The number of hydrogen-bond acceptors (Lipinski definition) is 2. The summed E-state index contributed by atoms with van der Waals surface area (Å²) in [5.74, 6) is -0.123. The van der Waals surface area contributed by atoms with Crippen LogP contribution in [0, 0.1) is 5.92 Å². The van der Waals surface area contributed by atoms with Gasteiger partial charge in [0.25, 0.3) is 0 Å². The Bertz CT molecular complexity index is 1080. The number of nitrogens with zero attached hydrogens (tertiary/aromatic N) is 1. The van der Waals surface area contributed by atoms with Crippen molar-refractivity contribution in [2.45, 2.75) is 44.4 Å². The van der Waals surface area contributed by atoms with Crippen LogP contribution in [-0.4, -0.2) is 11.6 Å². The topological polar surface area (TPSA) is 41.5 Å². The molecule has 0 saturated heterocycles. The normalized spacial score (nSPS) is 19.4. The van der Waals surface area contributed by atoms with Crippen molar-refractivity contribution in [1.82, 2.24) is 5.43 Å². The molecule has 0 unspecified atom stereocenters. The molecule has 1 saturated carbocycles. The fraction of sp³-hybridized carbons (Fsp3) is 0.286. The second-order valence-electron chi connectivity index (χ2n) is 8.82. The molecule has 0 radical (unpaired) electrons. The highest BCUT2D eigenvalue weighted by Crippen LogP contribution is 2.58. The summed E-state index contributed by atoms with van der Waals surface area (Å²) in [5, 5.41) is 4.47. The third kappa shape index (κ3) is 3.69. The van der Waals surface area contributed by atoms with Gasteiger partial charge in [-0.05, 0) is 72.9 Å². The maximum absolute atomic E-state index is 13.1. The number of fused-ring (bicyclic) bond motifs is 1. The Morgan fingerprint density at radius 1 is 0.871 bits per heavy atom. The molecule has 0 aromatic heterocycles. The van der Waals surface area contributed by atoms with Crippen molar-refractivity contribution < 1.29 is 4.79 Å². The predicted molar refractivity (Wildman–Crippen MR) is 125 cm³/mol. The number of hydrogen-bond donors (Lipinski definition) is 1. The van der Waals surface area contributed by atoms with Gasteiger partial charge in [0.05, 0.1) is 11.6 Å². The molecule has 3 aromatic rings. The van der Waals surface area contributed by atoms with Gasteiger partial charge in [-0.2, -0.15) is 5.10 Å². The molecule has 2 aliphatic carbocycles. The van der Waals surface area contributed by atoms with Crippen LogP contribution in [0.4, 0.5) is 0 Å². The number of rotatable bonds is 5. The summed E-state index contributed by atoms with van der Waals surface area (Å²) in [6.45, 7) is 1.97. The minimum absolute atomic E-state index is 0.00924. The highest BCUT2D eigenvalue weighted by Gasteiger charge is 2.60. The molecule has 5 rings (SSSR count). The Labute approximate surface area is 184 Å². The Balaban J connectivity index is 1.36.